The van der Waals surface area contributed by atoms with E-state index in [1.54, 1.807) is 6.08 Å². The lowest BCUT2D eigenvalue weighted by molar-refractivity contribution is -0.00184. The van der Waals surface area contributed by atoms with E-state index in [1.807, 2.05) is 0 Å². The summed E-state index contributed by atoms with van der Waals surface area (Å²) in [6, 6.07) is 0. The van der Waals surface area contributed by atoms with Crippen molar-refractivity contribution in [3.63, 3.8) is 0 Å². The number of aliphatic hydroxyl groups excluding tert-OH is 1. The van der Waals surface area contributed by atoms with Crippen LogP contribution in [0.1, 0.15) is 0 Å². The Bertz CT molecular complexity index is 141. The first kappa shape index (κ1) is 4.35. The molecule has 1 fully saturated rings. The molecule has 1 saturated heterocycles. The second kappa shape index (κ2) is 1.24. The topological polar surface area (TPSA) is 38.7 Å². The molecule has 2 aliphatic heterocycles. The highest BCUT2D eigenvalue weighted by atomic mass is 16.7. The van der Waals surface area contributed by atoms with E-state index in [1.165, 1.54) is 0 Å². The van der Waals surface area contributed by atoms with Crippen LogP contribution in [-0.4, -0.2) is 24.1 Å². The van der Waals surface area contributed by atoms with Crippen LogP contribution in [0, 0.1) is 0 Å². The number of hydrogen-bond acceptors (Lipinski definition) is 3. The van der Waals surface area contributed by atoms with E-state index in [2.05, 4.69) is 0 Å². The largest absolute Gasteiger partial charge is 0.510 e. The lowest BCUT2D eigenvalue weighted by Gasteiger charge is -2.01. The number of hydrogen-bond donors (Lipinski definition) is 1. The fraction of sp³-hybridized carbons (Fsp3) is 0.600. The average Bonchev–Trinajstić information content (AvgIpc) is 2.23. The summed E-state index contributed by atoms with van der Waals surface area (Å²) in [5.74, 6) is 0.321. The van der Waals surface area contributed by atoms with Crippen molar-refractivity contribution in [2.24, 2.45) is 0 Å². The van der Waals surface area contributed by atoms with Crippen LogP contribution in [0.3, 0.4) is 0 Å². The van der Waals surface area contributed by atoms with Gasteiger partial charge in [-0.15, -0.1) is 0 Å². The summed E-state index contributed by atoms with van der Waals surface area (Å²) in [4.78, 5) is 0. The van der Waals surface area contributed by atoms with Crippen LogP contribution in [0.25, 0.3) is 0 Å². The van der Waals surface area contributed by atoms with Crippen LogP contribution in [-0.2, 0) is 9.47 Å². The monoisotopic (exact) mass is 114 g/mol. The number of fused-ring (bicyclic) bond motifs is 2. The Kier molecular flexibility index (Phi) is 0.674. The molecule has 3 nitrogen and oxygen atoms in total. The molecule has 0 radical (unpaired) electrons. The summed E-state index contributed by atoms with van der Waals surface area (Å²) in [7, 11) is 0. The molecule has 3 heteroatoms. The van der Waals surface area contributed by atoms with Gasteiger partial charge in [-0.25, -0.2) is 0 Å². The Morgan fingerprint density at radius 3 is 2.88 bits per heavy atom. The van der Waals surface area contributed by atoms with Gasteiger partial charge in [-0.05, 0) is 0 Å². The van der Waals surface area contributed by atoms with E-state index in [0.29, 0.717) is 12.4 Å². The van der Waals surface area contributed by atoms with Gasteiger partial charge in [0, 0.05) is 6.08 Å². The molecule has 0 aromatic heterocycles. The minimum atomic E-state index is -0.264. The molecule has 2 rings (SSSR count). The van der Waals surface area contributed by atoms with Crippen LogP contribution in [0.2, 0.25) is 0 Å². The molecule has 2 aliphatic rings. The average molecular weight is 114 g/mol. The highest BCUT2D eigenvalue weighted by Gasteiger charge is 2.34. The molecule has 0 saturated carbocycles. The van der Waals surface area contributed by atoms with Gasteiger partial charge in [0.15, 0.2) is 6.29 Å². The summed E-state index contributed by atoms with van der Waals surface area (Å²) >= 11 is 0. The van der Waals surface area contributed by atoms with E-state index in [4.69, 9.17) is 14.6 Å². The molecule has 0 amide bonds. The van der Waals surface area contributed by atoms with Crippen molar-refractivity contribution < 1.29 is 14.6 Å². The number of rotatable bonds is 0. The summed E-state index contributed by atoms with van der Waals surface area (Å²) in [5.41, 5.74) is 0. The molecular formula is C5H6O3. The van der Waals surface area contributed by atoms with Crippen molar-refractivity contribution in [3.05, 3.63) is 11.8 Å². The normalized spacial score (nSPS) is 42.8. The third-order valence-corrected chi connectivity index (χ3v) is 1.35. The van der Waals surface area contributed by atoms with Gasteiger partial charge in [-0.3, -0.25) is 0 Å². The molecule has 0 spiro atoms. The zero-order valence-electron chi connectivity index (χ0n) is 4.20. The van der Waals surface area contributed by atoms with E-state index >= 15 is 0 Å². The van der Waals surface area contributed by atoms with Gasteiger partial charge in [0.1, 0.15) is 11.9 Å². The quantitative estimate of drug-likeness (QED) is 0.488. The fourth-order valence-electron chi connectivity index (χ4n) is 0.912. The lowest BCUT2D eigenvalue weighted by Crippen LogP contribution is -2.10. The van der Waals surface area contributed by atoms with Crippen LogP contribution in [0.4, 0.5) is 0 Å². The predicted molar refractivity (Wildman–Crippen MR) is 25.3 cm³/mol. The van der Waals surface area contributed by atoms with E-state index in [9.17, 15) is 0 Å². The van der Waals surface area contributed by atoms with Gasteiger partial charge in [0.05, 0.1) is 6.61 Å². The second-order valence-corrected chi connectivity index (χ2v) is 1.92. The number of aliphatic hydroxyl groups is 1. The van der Waals surface area contributed by atoms with Gasteiger partial charge in [0.2, 0.25) is 0 Å². The summed E-state index contributed by atoms with van der Waals surface area (Å²) in [6.45, 7) is 0.507. The molecule has 0 aromatic rings. The summed E-state index contributed by atoms with van der Waals surface area (Å²) in [5, 5.41) is 8.88. The molecule has 0 unspecified atom stereocenters. The lowest BCUT2D eigenvalue weighted by atomic mass is 10.3. The SMILES string of the molecule is OC1=C[C@H]2OC[C@@H]1O2. The molecule has 0 aliphatic carbocycles. The zero-order valence-corrected chi connectivity index (χ0v) is 4.20. The molecule has 8 heavy (non-hydrogen) atoms. The molecule has 2 atom stereocenters. The minimum Gasteiger partial charge on any atom is -0.510 e. The maximum Gasteiger partial charge on any atom is 0.181 e. The minimum absolute atomic E-state index is 0.167. The maximum atomic E-state index is 8.88. The molecule has 44 valence electrons. The third-order valence-electron chi connectivity index (χ3n) is 1.35. The Morgan fingerprint density at radius 2 is 2.62 bits per heavy atom. The number of ether oxygens (including phenoxy) is 2. The van der Waals surface area contributed by atoms with E-state index in [-0.39, 0.29) is 12.4 Å². The first-order valence-corrected chi connectivity index (χ1v) is 2.54. The Hall–Kier alpha value is -0.540. The summed E-state index contributed by atoms with van der Waals surface area (Å²) < 4.78 is 9.98. The third kappa shape index (κ3) is 0.401. The maximum absolute atomic E-state index is 8.88. The van der Waals surface area contributed by atoms with Crippen LogP contribution < -0.4 is 0 Å². The van der Waals surface area contributed by atoms with Crippen molar-refractivity contribution in [2.45, 2.75) is 12.4 Å². The first-order valence-electron chi connectivity index (χ1n) is 2.54. The van der Waals surface area contributed by atoms with Crippen molar-refractivity contribution in [1.29, 1.82) is 0 Å². The highest BCUT2D eigenvalue weighted by Crippen LogP contribution is 2.25. The van der Waals surface area contributed by atoms with Crippen molar-refractivity contribution in [3.8, 4) is 0 Å². The van der Waals surface area contributed by atoms with E-state index < -0.39 is 0 Å². The highest BCUT2D eigenvalue weighted by molar-refractivity contribution is 5.09. The van der Waals surface area contributed by atoms with Gasteiger partial charge in [-0.1, -0.05) is 0 Å². The molecule has 1 N–H and O–H groups in total. The Morgan fingerprint density at radius 1 is 1.75 bits per heavy atom. The van der Waals surface area contributed by atoms with Crippen molar-refractivity contribution in [1.82, 2.24) is 0 Å². The Labute approximate surface area is 46.5 Å². The van der Waals surface area contributed by atoms with Crippen molar-refractivity contribution >= 4 is 0 Å². The van der Waals surface area contributed by atoms with Crippen LogP contribution in [0.15, 0.2) is 11.8 Å². The fourth-order valence-corrected chi connectivity index (χ4v) is 0.912. The first-order chi connectivity index (χ1) is 3.86. The molecule has 0 aromatic carbocycles. The van der Waals surface area contributed by atoms with Gasteiger partial charge < -0.3 is 14.6 Å². The molecular weight excluding hydrogens is 108 g/mol. The molecule has 2 bridgehead atoms. The summed E-state index contributed by atoms with van der Waals surface area (Å²) in [6.07, 6.45) is 1.15. The van der Waals surface area contributed by atoms with Gasteiger partial charge in [0.25, 0.3) is 0 Å². The predicted octanol–water partition coefficient (Wildman–Crippen LogP) is 0.183. The van der Waals surface area contributed by atoms with E-state index in [0.717, 1.165) is 0 Å². The standard InChI is InChI=1S/C5H6O3/c6-3-1-5-7-2-4(3)8-5/h1,4-6H,2H2/t4-,5-/m0/s1. The smallest absolute Gasteiger partial charge is 0.181 e. The Balaban J connectivity index is 2.29. The zero-order chi connectivity index (χ0) is 5.56. The molecule has 2 heterocycles. The van der Waals surface area contributed by atoms with Crippen molar-refractivity contribution in [2.75, 3.05) is 6.61 Å². The van der Waals surface area contributed by atoms with Crippen LogP contribution >= 0.6 is 0 Å². The second-order valence-electron chi connectivity index (χ2n) is 1.92. The van der Waals surface area contributed by atoms with Crippen LogP contribution in [0.5, 0.6) is 0 Å². The van der Waals surface area contributed by atoms with Gasteiger partial charge >= 0.3 is 0 Å². The van der Waals surface area contributed by atoms with Gasteiger partial charge in [-0.2, -0.15) is 0 Å².